The zero-order valence-electron chi connectivity index (χ0n) is 18.9. The Hall–Kier alpha value is -2.97. The van der Waals surface area contributed by atoms with Gasteiger partial charge in [0, 0.05) is 43.9 Å². The van der Waals surface area contributed by atoms with Crippen LogP contribution < -0.4 is 5.56 Å². The van der Waals surface area contributed by atoms with Gasteiger partial charge in [0.1, 0.15) is 5.82 Å². The molecule has 2 amide bonds. The molecule has 0 unspecified atom stereocenters. The quantitative estimate of drug-likeness (QED) is 0.743. The summed E-state index contributed by atoms with van der Waals surface area (Å²) in [6, 6.07) is 1.55. The first-order valence-electron chi connectivity index (χ1n) is 11.7. The van der Waals surface area contributed by atoms with E-state index in [4.69, 9.17) is 4.98 Å². The van der Waals surface area contributed by atoms with Gasteiger partial charge in [-0.3, -0.25) is 19.1 Å². The fourth-order valence-corrected chi connectivity index (χ4v) is 4.72. The number of rotatable bonds is 6. The molecule has 0 bridgehead atoms. The van der Waals surface area contributed by atoms with E-state index in [-0.39, 0.29) is 29.5 Å². The van der Waals surface area contributed by atoms with Crippen molar-refractivity contribution < 1.29 is 9.59 Å². The van der Waals surface area contributed by atoms with Crippen molar-refractivity contribution in [2.24, 2.45) is 0 Å². The lowest BCUT2D eigenvalue weighted by molar-refractivity contribution is -0.136. The van der Waals surface area contributed by atoms with Crippen molar-refractivity contribution in [3.05, 3.63) is 45.9 Å². The molecule has 32 heavy (non-hydrogen) atoms. The molecule has 1 N–H and O–H groups in total. The Morgan fingerprint density at radius 3 is 2.84 bits per heavy atom. The SMILES string of the molecule is CCCC(=O)N1CCc2c(nc([C@@H]3CCCCN3C(=O)C[C@@H](C)n3cccn3)[nH]c2=O)C1. The van der Waals surface area contributed by atoms with Gasteiger partial charge in [0.05, 0.1) is 24.3 Å². The molecule has 9 nitrogen and oxygen atoms in total. The lowest BCUT2D eigenvalue weighted by atomic mass is 9.99. The van der Waals surface area contributed by atoms with Gasteiger partial charge in [-0.1, -0.05) is 6.92 Å². The zero-order chi connectivity index (χ0) is 22.7. The van der Waals surface area contributed by atoms with Gasteiger partial charge in [0.2, 0.25) is 11.8 Å². The Balaban J connectivity index is 1.55. The largest absolute Gasteiger partial charge is 0.336 e. The van der Waals surface area contributed by atoms with E-state index in [2.05, 4.69) is 10.1 Å². The molecule has 2 aliphatic rings. The number of likely N-dealkylation sites (tertiary alicyclic amines) is 1. The molecule has 4 rings (SSSR count). The summed E-state index contributed by atoms with van der Waals surface area (Å²) in [5.74, 6) is 0.681. The van der Waals surface area contributed by atoms with Crippen molar-refractivity contribution in [2.45, 2.75) is 77.4 Å². The molecule has 0 aliphatic carbocycles. The monoisotopic (exact) mass is 440 g/mol. The van der Waals surface area contributed by atoms with E-state index >= 15 is 0 Å². The summed E-state index contributed by atoms with van der Waals surface area (Å²) in [4.78, 5) is 49.8. The smallest absolute Gasteiger partial charge is 0.254 e. The lowest BCUT2D eigenvalue weighted by Gasteiger charge is -2.36. The van der Waals surface area contributed by atoms with E-state index in [9.17, 15) is 14.4 Å². The van der Waals surface area contributed by atoms with Crippen LogP contribution in [0, 0.1) is 0 Å². The topological polar surface area (TPSA) is 104 Å². The van der Waals surface area contributed by atoms with Crippen molar-refractivity contribution in [3.8, 4) is 0 Å². The van der Waals surface area contributed by atoms with Gasteiger partial charge < -0.3 is 14.8 Å². The number of hydrogen-bond acceptors (Lipinski definition) is 5. The average Bonchev–Trinajstić information content (AvgIpc) is 3.34. The Labute approximate surface area is 187 Å². The summed E-state index contributed by atoms with van der Waals surface area (Å²) in [5, 5.41) is 4.24. The molecule has 9 heteroatoms. The van der Waals surface area contributed by atoms with E-state index < -0.39 is 0 Å². The molecule has 0 aromatic carbocycles. The van der Waals surface area contributed by atoms with Crippen LogP contribution in [0.2, 0.25) is 0 Å². The summed E-state index contributed by atoms with van der Waals surface area (Å²) < 4.78 is 1.79. The molecular formula is C23H32N6O3. The van der Waals surface area contributed by atoms with Crippen molar-refractivity contribution in [1.29, 1.82) is 0 Å². The van der Waals surface area contributed by atoms with Gasteiger partial charge in [0.25, 0.3) is 5.56 Å². The Morgan fingerprint density at radius 2 is 2.09 bits per heavy atom. The number of carbonyl (C=O) groups excluding carboxylic acids is 2. The number of amides is 2. The molecule has 2 aromatic rings. The second kappa shape index (κ2) is 9.67. The maximum atomic E-state index is 13.2. The molecule has 4 heterocycles. The Kier molecular flexibility index (Phi) is 6.72. The minimum Gasteiger partial charge on any atom is -0.336 e. The third-order valence-electron chi connectivity index (χ3n) is 6.49. The highest BCUT2D eigenvalue weighted by Crippen LogP contribution is 2.31. The summed E-state index contributed by atoms with van der Waals surface area (Å²) in [6.07, 6.45) is 8.41. The van der Waals surface area contributed by atoms with Crippen molar-refractivity contribution in [2.75, 3.05) is 13.1 Å². The van der Waals surface area contributed by atoms with E-state index in [1.807, 2.05) is 31.0 Å². The fraction of sp³-hybridized carbons (Fsp3) is 0.609. The first-order chi connectivity index (χ1) is 15.5. The second-order valence-electron chi connectivity index (χ2n) is 8.83. The molecule has 2 atom stereocenters. The molecule has 1 saturated heterocycles. The molecule has 1 fully saturated rings. The van der Waals surface area contributed by atoms with Crippen molar-refractivity contribution in [3.63, 3.8) is 0 Å². The van der Waals surface area contributed by atoms with Crippen LogP contribution in [0.5, 0.6) is 0 Å². The average molecular weight is 441 g/mol. The third kappa shape index (κ3) is 4.61. The molecular weight excluding hydrogens is 408 g/mol. The predicted octanol–water partition coefficient (Wildman–Crippen LogP) is 2.36. The van der Waals surface area contributed by atoms with E-state index in [0.29, 0.717) is 56.0 Å². The molecule has 0 spiro atoms. The summed E-state index contributed by atoms with van der Waals surface area (Å²) >= 11 is 0. The van der Waals surface area contributed by atoms with Crippen LogP contribution in [0.15, 0.2) is 23.3 Å². The van der Waals surface area contributed by atoms with Crippen LogP contribution in [0.4, 0.5) is 0 Å². The van der Waals surface area contributed by atoms with Crippen LogP contribution in [0.3, 0.4) is 0 Å². The summed E-state index contributed by atoms with van der Waals surface area (Å²) in [6.45, 7) is 5.53. The number of nitrogens with zero attached hydrogens (tertiary/aromatic N) is 5. The van der Waals surface area contributed by atoms with Crippen LogP contribution in [0.25, 0.3) is 0 Å². The zero-order valence-corrected chi connectivity index (χ0v) is 18.9. The third-order valence-corrected chi connectivity index (χ3v) is 6.49. The van der Waals surface area contributed by atoms with Crippen LogP contribution in [0.1, 0.15) is 81.5 Å². The number of piperidine rings is 1. The van der Waals surface area contributed by atoms with E-state index in [1.54, 1.807) is 15.8 Å². The first-order valence-corrected chi connectivity index (χ1v) is 11.7. The standard InChI is InChI=1S/C23H32N6O3/c1-3-7-20(30)27-13-9-17-18(15-27)25-22(26-23(17)32)19-8-4-5-11-28(19)21(31)14-16(2)29-12-6-10-24-29/h6,10,12,16,19H,3-5,7-9,11,13-15H2,1-2H3,(H,25,26,32)/t16-,19+/m1/s1. The van der Waals surface area contributed by atoms with Crippen molar-refractivity contribution >= 4 is 11.8 Å². The summed E-state index contributed by atoms with van der Waals surface area (Å²) in [5.41, 5.74) is 1.19. The van der Waals surface area contributed by atoms with Gasteiger partial charge in [-0.05, 0) is 45.1 Å². The maximum Gasteiger partial charge on any atom is 0.254 e. The van der Waals surface area contributed by atoms with Crippen LogP contribution in [-0.4, -0.2) is 54.5 Å². The van der Waals surface area contributed by atoms with E-state index in [0.717, 1.165) is 25.7 Å². The first kappa shape index (κ1) is 22.2. The molecule has 2 aromatic heterocycles. The van der Waals surface area contributed by atoms with Gasteiger partial charge in [0.15, 0.2) is 0 Å². The Bertz CT molecular complexity index is 1020. The Morgan fingerprint density at radius 1 is 1.25 bits per heavy atom. The van der Waals surface area contributed by atoms with Gasteiger partial charge >= 0.3 is 0 Å². The number of H-pyrrole nitrogens is 1. The number of aromatic amines is 1. The minimum atomic E-state index is -0.249. The number of aromatic nitrogens is 4. The molecule has 172 valence electrons. The highest BCUT2D eigenvalue weighted by Gasteiger charge is 2.32. The van der Waals surface area contributed by atoms with Crippen LogP contribution >= 0.6 is 0 Å². The van der Waals surface area contributed by atoms with Crippen LogP contribution in [-0.2, 0) is 22.6 Å². The molecule has 0 radical (unpaired) electrons. The number of carbonyl (C=O) groups is 2. The maximum absolute atomic E-state index is 13.2. The predicted molar refractivity (Wildman–Crippen MR) is 119 cm³/mol. The van der Waals surface area contributed by atoms with E-state index in [1.165, 1.54) is 0 Å². The highest BCUT2D eigenvalue weighted by atomic mass is 16.2. The summed E-state index contributed by atoms with van der Waals surface area (Å²) in [7, 11) is 0. The normalized spacial score (nSPS) is 19.5. The molecule has 2 aliphatic heterocycles. The van der Waals surface area contributed by atoms with Gasteiger partial charge in [-0.15, -0.1) is 0 Å². The number of fused-ring (bicyclic) bond motifs is 1. The fourth-order valence-electron chi connectivity index (χ4n) is 4.72. The molecule has 0 saturated carbocycles. The van der Waals surface area contributed by atoms with Crippen molar-refractivity contribution in [1.82, 2.24) is 29.5 Å². The van der Waals surface area contributed by atoms with Gasteiger partial charge in [-0.2, -0.15) is 5.10 Å². The highest BCUT2D eigenvalue weighted by molar-refractivity contribution is 5.77. The lowest BCUT2D eigenvalue weighted by Crippen LogP contribution is -2.42. The second-order valence-corrected chi connectivity index (χ2v) is 8.83. The number of hydrogen-bond donors (Lipinski definition) is 1. The minimum absolute atomic E-state index is 0.0396. The van der Waals surface area contributed by atoms with Gasteiger partial charge in [-0.25, -0.2) is 4.98 Å². The number of nitrogens with one attached hydrogen (secondary N) is 1.